The molecule has 0 aliphatic rings. The topological polar surface area (TPSA) is 43.4 Å². The Labute approximate surface area is 99.1 Å². The Balaban J connectivity index is 3.30. The van der Waals surface area contributed by atoms with Gasteiger partial charge in [0.25, 0.3) is 0 Å². The van der Waals surface area contributed by atoms with Crippen LogP contribution in [0.2, 0.25) is 5.02 Å². The molecular formula is C10H6ClF3O3. The zero-order valence-corrected chi connectivity index (χ0v) is 9.22. The van der Waals surface area contributed by atoms with Crippen LogP contribution in [0, 0.1) is 0 Å². The number of carbonyl (C=O) groups excluding carboxylic acids is 2. The number of hydrogen-bond acceptors (Lipinski definition) is 3. The standard InChI is InChI=1S/C10H6ClF3O3/c1-5(16)8-3-7(17-10(12,13)14)2-6(4-15)9(8)11/h2-4H,1H3. The lowest BCUT2D eigenvalue weighted by atomic mass is 10.1. The van der Waals surface area contributed by atoms with E-state index in [1.54, 1.807) is 0 Å². The molecule has 0 atom stereocenters. The fraction of sp³-hybridized carbons (Fsp3) is 0.200. The van der Waals surface area contributed by atoms with E-state index in [1.165, 1.54) is 0 Å². The van der Waals surface area contributed by atoms with Gasteiger partial charge >= 0.3 is 6.36 Å². The minimum atomic E-state index is -4.90. The number of ether oxygens (including phenoxy) is 1. The van der Waals surface area contributed by atoms with E-state index in [-0.39, 0.29) is 22.4 Å². The number of alkyl halides is 3. The predicted octanol–water partition coefficient (Wildman–Crippen LogP) is 3.25. The normalized spacial score (nSPS) is 11.1. The van der Waals surface area contributed by atoms with Crippen molar-refractivity contribution in [3.8, 4) is 5.75 Å². The van der Waals surface area contributed by atoms with E-state index in [9.17, 15) is 22.8 Å². The first-order chi connectivity index (χ1) is 7.74. The van der Waals surface area contributed by atoms with Crippen LogP contribution in [0.3, 0.4) is 0 Å². The minimum absolute atomic E-state index is 0.193. The molecule has 17 heavy (non-hydrogen) atoms. The van der Waals surface area contributed by atoms with E-state index in [0.717, 1.165) is 19.1 Å². The van der Waals surface area contributed by atoms with Crippen molar-refractivity contribution in [3.05, 3.63) is 28.3 Å². The molecule has 0 aliphatic heterocycles. The second-order valence-electron chi connectivity index (χ2n) is 3.10. The second-order valence-corrected chi connectivity index (χ2v) is 3.47. The lowest BCUT2D eigenvalue weighted by Crippen LogP contribution is -2.17. The van der Waals surface area contributed by atoms with E-state index >= 15 is 0 Å². The van der Waals surface area contributed by atoms with Gasteiger partial charge in [0.1, 0.15) is 5.75 Å². The first-order valence-corrected chi connectivity index (χ1v) is 4.68. The van der Waals surface area contributed by atoms with Gasteiger partial charge in [-0.05, 0) is 19.1 Å². The van der Waals surface area contributed by atoms with Gasteiger partial charge in [-0.2, -0.15) is 0 Å². The maximum Gasteiger partial charge on any atom is 0.573 e. The number of hydrogen-bond donors (Lipinski definition) is 0. The molecule has 92 valence electrons. The van der Waals surface area contributed by atoms with Crippen molar-refractivity contribution < 1.29 is 27.5 Å². The number of ketones is 1. The molecule has 0 heterocycles. The van der Waals surface area contributed by atoms with E-state index in [0.29, 0.717) is 0 Å². The molecule has 1 aromatic carbocycles. The summed E-state index contributed by atoms with van der Waals surface area (Å²) in [5.74, 6) is -1.22. The van der Waals surface area contributed by atoms with E-state index in [1.807, 2.05) is 0 Å². The molecule has 0 radical (unpaired) electrons. The highest BCUT2D eigenvalue weighted by atomic mass is 35.5. The highest BCUT2D eigenvalue weighted by Crippen LogP contribution is 2.30. The predicted molar refractivity (Wildman–Crippen MR) is 53.5 cm³/mol. The molecule has 0 saturated carbocycles. The van der Waals surface area contributed by atoms with Crippen LogP contribution in [0.4, 0.5) is 13.2 Å². The SMILES string of the molecule is CC(=O)c1cc(OC(F)(F)F)cc(C=O)c1Cl. The summed E-state index contributed by atoms with van der Waals surface area (Å²) in [5, 5.41) is -0.193. The van der Waals surface area contributed by atoms with Crippen LogP contribution in [0.5, 0.6) is 5.75 Å². The van der Waals surface area contributed by atoms with E-state index in [2.05, 4.69) is 4.74 Å². The fourth-order valence-corrected chi connectivity index (χ4v) is 1.44. The van der Waals surface area contributed by atoms with Gasteiger partial charge in [0, 0.05) is 11.1 Å². The number of halogens is 4. The minimum Gasteiger partial charge on any atom is -0.406 e. The van der Waals surface area contributed by atoms with Crippen molar-refractivity contribution >= 4 is 23.7 Å². The third kappa shape index (κ3) is 3.45. The third-order valence-corrected chi connectivity index (χ3v) is 2.24. The maximum atomic E-state index is 12.0. The van der Waals surface area contributed by atoms with Crippen LogP contribution in [0.15, 0.2) is 12.1 Å². The molecule has 0 unspecified atom stereocenters. The fourth-order valence-electron chi connectivity index (χ4n) is 1.15. The van der Waals surface area contributed by atoms with Gasteiger partial charge in [-0.3, -0.25) is 9.59 Å². The van der Waals surface area contributed by atoms with Gasteiger partial charge in [-0.15, -0.1) is 13.2 Å². The van der Waals surface area contributed by atoms with Gasteiger partial charge < -0.3 is 4.74 Å². The first kappa shape index (κ1) is 13.5. The Morgan fingerprint density at radius 2 is 2.00 bits per heavy atom. The molecule has 3 nitrogen and oxygen atoms in total. The van der Waals surface area contributed by atoms with Crippen LogP contribution in [0.1, 0.15) is 27.6 Å². The molecule has 0 aliphatic carbocycles. The average molecular weight is 267 g/mol. The molecule has 7 heteroatoms. The largest absolute Gasteiger partial charge is 0.573 e. The van der Waals surface area contributed by atoms with Crippen molar-refractivity contribution in [1.82, 2.24) is 0 Å². The van der Waals surface area contributed by atoms with Crippen LogP contribution in [0.25, 0.3) is 0 Å². The number of benzene rings is 1. The van der Waals surface area contributed by atoms with Gasteiger partial charge in [-0.25, -0.2) is 0 Å². The van der Waals surface area contributed by atoms with Gasteiger partial charge in [0.15, 0.2) is 12.1 Å². The van der Waals surface area contributed by atoms with Crippen molar-refractivity contribution in [3.63, 3.8) is 0 Å². The van der Waals surface area contributed by atoms with Crippen LogP contribution < -0.4 is 4.74 Å². The lowest BCUT2D eigenvalue weighted by Gasteiger charge is -2.11. The Hall–Kier alpha value is -1.56. The molecule has 1 rings (SSSR count). The zero-order chi connectivity index (χ0) is 13.2. The maximum absolute atomic E-state index is 12.0. The number of aldehydes is 1. The summed E-state index contributed by atoms with van der Waals surface area (Å²) in [4.78, 5) is 21.7. The molecule has 0 spiro atoms. The summed E-state index contributed by atoms with van der Waals surface area (Å²) in [6.45, 7) is 1.12. The molecular weight excluding hydrogens is 261 g/mol. The van der Waals surface area contributed by atoms with Crippen molar-refractivity contribution in [1.29, 1.82) is 0 Å². The number of rotatable bonds is 3. The summed E-state index contributed by atoms with van der Waals surface area (Å²) >= 11 is 5.66. The Kier molecular flexibility index (Phi) is 3.77. The summed E-state index contributed by atoms with van der Waals surface area (Å²) in [5.41, 5.74) is -0.436. The molecule has 0 bridgehead atoms. The highest BCUT2D eigenvalue weighted by Gasteiger charge is 2.31. The number of Topliss-reactive ketones (excluding diaryl/α,β-unsaturated/α-hetero) is 1. The molecule has 0 aromatic heterocycles. The van der Waals surface area contributed by atoms with Gasteiger partial charge in [0.05, 0.1) is 5.02 Å². The van der Waals surface area contributed by atoms with Crippen molar-refractivity contribution in [2.45, 2.75) is 13.3 Å². The van der Waals surface area contributed by atoms with Crippen LogP contribution in [-0.4, -0.2) is 18.4 Å². The highest BCUT2D eigenvalue weighted by molar-refractivity contribution is 6.36. The van der Waals surface area contributed by atoms with Crippen molar-refractivity contribution in [2.75, 3.05) is 0 Å². The quantitative estimate of drug-likeness (QED) is 0.623. The van der Waals surface area contributed by atoms with Gasteiger partial charge in [-0.1, -0.05) is 11.6 Å². The monoisotopic (exact) mass is 266 g/mol. The van der Waals surface area contributed by atoms with Crippen molar-refractivity contribution in [2.24, 2.45) is 0 Å². The molecule has 0 amide bonds. The number of carbonyl (C=O) groups is 2. The summed E-state index contributed by atoms with van der Waals surface area (Å²) in [6, 6.07) is 1.65. The molecule has 0 N–H and O–H groups in total. The van der Waals surface area contributed by atoms with E-state index < -0.39 is 17.9 Å². The summed E-state index contributed by atoms with van der Waals surface area (Å²) < 4.78 is 39.6. The Morgan fingerprint density at radius 3 is 2.41 bits per heavy atom. The average Bonchev–Trinajstić information content (AvgIpc) is 2.17. The second kappa shape index (κ2) is 4.75. The first-order valence-electron chi connectivity index (χ1n) is 4.30. The Morgan fingerprint density at radius 1 is 1.41 bits per heavy atom. The van der Waals surface area contributed by atoms with Gasteiger partial charge in [0.2, 0.25) is 0 Å². The van der Waals surface area contributed by atoms with E-state index in [4.69, 9.17) is 11.6 Å². The zero-order valence-electron chi connectivity index (χ0n) is 8.47. The smallest absolute Gasteiger partial charge is 0.406 e. The van der Waals surface area contributed by atoms with Crippen LogP contribution >= 0.6 is 11.6 Å². The lowest BCUT2D eigenvalue weighted by molar-refractivity contribution is -0.274. The molecule has 0 saturated heterocycles. The summed E-state index contributed by atoms with van der Waals surface area (Å²) in [7, 11) is 0. The molecule has 1 aromatic rings. The third-order valence-electron chi connectivity index (χ3n) is 1.81. The van der Waals surface area contributed by atoms with Crippen LogP contribution in [-0.2, 0) is 0 Å². The summed E-state index contributed by atoms with van der Waals surface area (Å²) in [6.07, 6.45) is -4.65. The molecule has 0 fully saturated rings. The Bertz CT molecular complexity index is 469.